The van der Waals surface area contributed by atoms with E-state index in [4.69, 9.17) is 4.74 Å². The molecule has 0 aliphatic carbocycles. The molecule has 0 radical (unpaired) electrons. The highest BCUT2D eigenvalue weighted by Crippen LogP contribution is 2.28. The maximum absolute atomic E-state index is 12.3. The van der Waals surface area contributed by atoms with E-state index in [9.17, 15) is 4.79 Å². The second-order valence-electron chi connectivity index (χ2n) is 7.05. The first-order chi connectivity index (χ1) is 8.72. The number of carbonyl (C=O) groups is 1. The number of rotatable bonds is 9. The van der Waals surface area contributed by atoms with Gasteiger partial charge in [0.25, 0.3) is 0 Å². The molecule has 19 heavy (non-hydrogen) atoms. The van der Waals surface area contributed by atoms with Gasteiger partial charge in [-0.05, 0) is 32.1 Å². The van der Waals surface area contributed by atoms with Crippen LogP contribution in [0.5, 0.6) is 0 Å². The van der Waals surface area contributed by atoms with Gasteiger partial charge in [0.15, 0.2) is 0 Å². The molecule has 0 unspecified atom stereocenters. The van der Waals surface area contributed by atoms with Crippen molar-refractivity contribution in [2.24, 2.45) is 17.3 Å². The molecule has 0 aliphatic heterocycles. The molecule has 0 spiro atoms. The summed E-state index contributed by atoms with van der Waals surface area (Å²) in [5, 5.41) is 0. The molecule has 0 saturated heterocycles. The SMILES string of the molecule is CCCCCCC(C)(C)C(=O)OC(C(C)C)C(C)C. The lowest BCUT2D eigenvalue weighted by Crippen LogP contribution is -2.35. The molecule has 2 heteroatoms. The van der Waals surface area contributed by atoms with Gasteiger partial charge >= 0.3 is 5.97 Å². The van der Waals surface area contributed by atoms with Crippen LogP contribution >= 0.6 is 0 Å². The Balaban J connectivity index is 4.36. The van der Waals surface area contributed by atoms with Crippen molar-refractivity contribution in [2.75, 3.05) is 0 Å². The van der Waals surface area contributed by atoms with Gasteiger partial charge in [-0.1, -0.05) is 60.3 Å². The van der Waals surface area contributed by atoms with Gasteiger partial charge in [-0.3, -0.25) is 4.79 Å². The number of ether oxygens (including phenoxy) is 1. The van der Waals surface area contributed by atoms with Gasteiger partial charge in [-0.15, -0.1) is 0 Å². The Bertz CT molecular complexity index is 246. The Hall–Kier alpha value is -0.530. The van der Waals surface area contributed by atoms with E-state index in [-0.39, 0.29) is 17.5 Å². The van der Waals surface area contributed by atoms with Gasteiger partial charge in [0, 0.05) is 0 Å². The minimum Gasteiger partial charge on any atom is -0.461 e. The van der Waals surface area contributed by atoms with Crippen molar-refractivity contribution in [3.05, 3.63) is 0 Å². The van der Waals surface area contributed by atoms with Gasteiger partial charge in [-0.2, -0.15) is 0 Å². The summed E-state index contributed by atoms with van der Waals surface area (Å²) >= 11 is 0. The van der Waals surface area contributed by atoms with Crippen LogP contribution in [0.4, 0.5) is 0 Å². The number of hydrogen-bond acceptors (Lipinski definition) is 2. The Morgan fingerprint density at radius 2 is 1.53 bits per heavy atom. The lowest BCUT2D eigenvalue weighted by atomic mass is 9.86. The van der Waals surface area contributed by atoms with Crippen LogP contribution in [0.25, 0.3) is 0 Å². The molecular weight excluding hydrogens is 236 g/mol. The number of carbonyl (C=O) groups excluding carboxylic acids is 1. The molecule has 0 saturated carbocycles. The molecule has 0 bridgehead atoms. The summed E-state index contributed by atoms with van der Waals surface area (Å²) in [4.78, 5) is 12.3. The van der Waals surface area contributed by atoms with E-state index in [1.165, 1.54) is 19.3 Å². The largest absolute Gasteiger partial charge is 0.461 e. The van der Waals surface area contributed by atoms with Crippen LogP contribution in [0.1, 0.15) is 80.6 Å². The fourth-order valence-corrected chi connectivity index (χ4v) is 2.42. The van der Waals surface area contributed by atoms with Crippen LogP contribution in [-0.4, -0.2) is 12.1 Å². The Kier molecular flexibility index (Phi) is 8.36. The highest BCUT2D eigenvalue weighted by molar-refractivity contribution is 5.76. The van der Waals surface area contributed by atoms with Crippen molar-refractivity contribution in [3.63, 3.8) is 0 Å². The molecule has 0 rings (SSSR count). The molecule has 0 fully saturated rings. The molecular formula is C17H34O2. The third-order valence-corrected chi connectivity index (χ3v) is 3.77. The molecule has 0 amide bonds. The summed E-state index contributed by atoms with van der Waals surface area (Å²) in [6.45, 7) is 14.7. The molecule has 0 aliphatic rings. The third-order valence-electron chi connectivity index (χ3n) is 3.77. The molecule has 0 aromatic carbocycles. The zero-order chi connectivity index (χ0) is 15.1. The fourth-order valence-electron chi connectivity index (χ4n) is 2.42. The minimum absolute atomic E-state index is 0.0300. The molecule has 114 valence electrons. The molecule has 0 N–H and O–H groups in total. The fraction of sp³-hybridized carbons (Fsp3) is 0.941. The van der Waals surface area contributed by atoms with Crippen LogP contribution in [0.15, 0.2) is 0 Å². The quantitative estimate of drug-likeness (QED) is 0.425. The second-order valence-corrected chi connectivity index (χ2v) is 7.05. The summed E-state index contributed by atoms with van der Waals surface area (Å²) < 4.78 is 5.76. The molecule has 0 heterocycles. The average Bonchev–Trinajstić information content (AvgIpc) is 2.30. The maximum atomic E-state index is 12.3. The molecule has 0 aromatic rings. The van der Waals surface area contributed by atoms with E-state index in [2.05, 4.69) is 34.6 Å². The van der Waals surface area contributed by atoms with Crippen molar-refractivity contribution in [1.82, 2.24) is 0 Å². The van der Waals surface area contributed by atoms with E-state index < -0.39 is 0 Å². The maximum Gasteiger partial charge on any atom is 0.311 e. The monoisotopic (exact) mass is 270 g/mol. The standard InChI is InChI=1S/C17H34O2/c1-8-9-10-11-12-17(6,7)16(18)19-15(13(2)3)14(4)5/h13-15H,8-12H2,1-7H3. The third kappa shape index (κ3) is 6.98. The number of hydrogen-bond donors (Lipinski definition) is 0. The van der Waals surface area contributed by atoms with Gasteiger partial charge in [0.05, 0.1) is 5.41 Å². The van der Waals surface area contributed by atoms with Crippen molar-refractivity contribution in [1.29, 1.82) is 0 Å². The average molecular weight is 270 g/mol. The number of esters is 1. The summed E-state index contributed by atoms with van der Waals surface area (Å²) in [5.74, 6) is 0.719. The van der Waals surface area contributed by atoms with E-state index >= 15 is 0 Å². The predicted octanol–water partition coefficient (Wildman–Crippen LogP) is 5.21. The lowest BCUT2D eigenvalue weighted by molar-refractivity contribution is -0.165. The zero-order valence-electron chi connectivity index (χ0n) is 14.1. The topological polar surface area (TPSA) is 26.3 Å². The van der Waals surface area contributed by atoms with Crippen molar-refractivity contribution in [2.45, 2.75) is 86.7 Å². The number of unbranched alkanes of at least 4 members (excludes halogenated alkanes) is 3. The predicted molar refractivity (Wildman–Crippen MR) is 82.1 cm³/mol. The van der Waals surface area contributed by atoms with Crippen LogP contribution in [-0.2, 0) is 9.53 Å². The zero-order valence-corrected chi connectivity index (χ0v) is 14.1. The summed E-state index contributed by atoms with van der Waals surface area (Å²) in [6, 6.07) is 0. The van der Waals surface area contributed by atoms with E-state index in [1.807, 2.05) is 13.8 Å². The highest BCUT2D eigenvalue weighted by atomic mass is 16.5. The summed E-state index contributed by atoms with van der Waals surface area (Å²) in [6.07, 6.45) is 5.77. The van der Waals surface area contributed by atoms with Gasteiger partial charge in [0.1, 0.15) is 6.10 Å². The van der Waals surface area contributed by atoms with Crippen LogP contribution in [0.3, 0.4) is 0 Å². The van der Waals surface area contributed by atoms with Crippen LogP contribution in [0.2, 0.25) is 0 Å². The molecule has 0 atom stereocenters. The lowest BCUT2D eigenvalue weighted by Gasteiger charge is -2.30. The summed E-state index contributed by atoms with van der Waals surface area (Å²) in [7, 11) is 0. The molecule has 0 aromatic heterocycles. The van der Waals surface area contributed by atoms with Crippen molar-refractivity contribution >= 4 is 5.97 Å². The van der Waals surface area contributed by atoms with Crippen LogP contribution in [0, 0.1) is 17.3 Å². The van der Waals surface area contributed by atoms with Gasteiger partial charge in [0.2, 0.25) is 0 Å². The van der Waals surface area contributed by atoms with E-state index in [0.717, 1.165) is 12.8 Å². The molecule has 2 nitrogen and oxygen atoms in total. The second kappa shape index (κ2) is 8.60. The minimum atomic E-state index is -0.351. The normalized spacial score (nSPS) is 12.5. The smallest absolute Gasteiger partial charge is 0.311 e. The highest BCUT2D eigenvalue weighted by Gasteiger charge is 2.32. The first-order valence-electron chi connectivity index (χ1n) is 7.93. The van der Waals surface area contributed by atoms with Gasteiger partial charge in [-0.25, -0.2) is 0 Å². The Morgan fingerprint density at radius 1 is 1.00 bits per heavy atom. The van der Waals surface area contributed by atoms with E-state index in [0.29, 0.717) is 11.8 Å². The Morgan fingerprint density at radius 3 is 1.95 bits per heavy atom. The van der Waals surface area contributed by atoms with Crippen molar-refractivity contribution in [3.8, 4) is 0 Å². The van der Waals surface area contributed by atoms with E-state index in [1.54, 1.807) is 0 Å². The first-order valence-corrected chi connectivity index (χ1v) is 7.93. The summed E-state index contributed by atoms with van der Waals surface area (Å²) in [5.41, 5.74) is -0.351. The van der Waals surface area contributed by atoms with Crippen LogP contribution < -0.4 is 0 Å². The van der Waals surface area contributed by atoms with Gasteiger partial charge < -0.3 is 4.74 Å². The first kappa shape index (κ1) is 18.5. The van der Waals surface area contributed by atoms with Crippen molar-refractivity contribution < 1.29 is 9.53 Å². The Labute approximate surface area is 120 Å².